The largest absolute Gasteiger partial charge is 0.0979 e. The Hall–Kier alpha value is -1.65. The van der Waals surface area contributed by atoms with E-state index < -0.39 is 0 Å². The van der Waals surface area contributed by atoms with Crippen LogP contribution in [0.25, 0.3) is 0 Å². The maximum atomic E-state index is 3.40. The number of hydrogen-bond donors (Lipinski definition) is 0. The second-order valence-corrected chi connectivity index (χ2v) is 10.3. The van der Waals surface area contributed by atoms with E-state index in [1.165, 1.54) is 113 Å². The van der Waals surface area contributed by atoms with Crippen LogP contribution in [0.1, 0.15) is 122 Å². The average Bonchev–Trinajstić information content (AvgIpc) is 2.85. The Morgan fingerprint density at radius 1 is 0.667 bits per heavy atom. The Morgan fingerprint density at radius 3 is 1.79 bits per heavy atom. The summed E-state index contributed by atoms with van der Waals surface area (Å²) in [5.74, 6) is 6.80. The Labute approximate surface area is 209 Å². The molecule has 0 bridgehead atoms. The molecule has 0 fully saturated rings. The lowest BCUT2D eigenvalue weighted by Crippen LogP contribution is -1.84. The van der Waals surface area contributed by atoms with Crippen LogP contribution in [0.3, 0.4) is 0 Å². The van der Waals surface area contributed by atoms with Gasteiger partial charge in [0.05, 0.1) is 0 Å². The van der Waals surface area contributed by atoms with E-state index in [1.807, 2.05) is 6.07 Å². The lowest BCUT2D eigenvalue weighted by molar-refractivity contribution is 0.530. The van der Waals surface area contributed by atoms with Crippen LogP contribution >= 0.6 is 11.8 Å². The molecule has 0 saturated carbocycles. The maximum Gasteiger partial charge on any atom is 0.0385 e. The normalized spacial score (nSPS) is 10.7. The molecule has 0 saturated heterocycles. The molecule has 2 aromatic carbocycles. The topological polar surface area (TPSA) is 0 Å². The predicted molar refractivity (Wildman–Crippen MR) is 147 cm³/mol. The first-order chi connectivity index (χ1) is 16.4. The van der Waals surface area contributed by atoms with Crippen LogP contribution in [0.4, 0.5) is 0 Å². The van der Waals surface area contributed by atoms with Crippen molar-refractivity contribution in [2.75, 3.05) is 0 Å². The molecule has 1 heteroatoms. The maximum absolute atomic E-state index is 3.40. The van der Waals surface area contributed by atoms with Crippen LogP contribution in [0, 0.1) is 17.9 Å². The van der Waals surface area contributed by atoms with Crippen molar-refractivity contribution in [1.29, 1.82) is 0 Å². The molecule has 0 aliphatic rings. The smallest absolute Gasteiger partial charge is 0.0385 e. The van der Waals surface area contributed by atoms with Crippen LogP contribution in [0.5, 0.6) is 0 Å². The van der Waals surface area contributed by atoms with Crippen LogP contribution < -0.4 is 0 Å². The van der Waals surface area contributed by atoms with Crippen LogP contribution in [-0.4, -0.2) is 0 Å². The Kier molecular flexibility index (Phi) is 16.5. The highest BCUT2D eigenvalue weighted by atomic mass is 32.2. The summed E-state index contributed by atoms with van der Waals surface area (Å²) in [6.07, 6.45) is 23.6. The molecule has 0 aliphatic carbocycles. The van der Waals surface area contributed by atoms with Gasteiger partial charge in [0, 0.05) is 21.8 Å². The fourth-order valence-electron chi connectivity index (χ4n) is 4.14. The van der Waals surface area contributed by atoms with Crippen molar-refractivity contribution >= 4 is 11.8 Å². The van der Waals surface area contributed by atoms with Gasteiger partial charge in [-0.3, -0.25) is 0 Å². The van der Waals surface area contributed by atoms with Gasteiger partial charge in [0.25, 0.3) is 0 Å². The van der Waals surface area contributed by atoms with Gasteiger partial charge in [-0.1, -0.05) is 151 Å². The van der Waals surface area contributed by atoms with Gasteiger partial charge >= 0.3 is 0 Å². The van der Waals surface area contributed by atoms with Gasteiger partial charge in [-0.05, 0) is 36.8 Å². The molecule has 0 amide bonds. The molecule has 33 heavy (non-hydrogen) atoms. The molecule has 2 aromatic rings. The van der Waals surface area contributed by atoms with Crippen molar-refractivity contribution in [2.24, 2.45) is 0 Å². The molecule has 179 valence electrons. The molecule has 0 heterocycles. The van der Waals surface area contributed by atoms with E-state index in [1.54, 1.807) is 11.8 Å². The first-order valence-corrected chi connectivity index (χ1v) is 14.4. The fraction of sp³-hybridized carbons (Fsp3) is 0.562. The van der Waals surface area contributed by atoms with Crippen LogP contribution in [0.2, 0.25) is 0 Å². The Bertz CT molecular complexity index is 768. The molecule has 0 N–H and O–H groups in total. The van der Waals surface area contributed by atoms with Gasteiger partial charge in [-0.2, -0.15) is 0 Å². The fourth-order valence-corrected chi connectivity index (χ4v) is 5.04. The minimum atomic E-state index is 1.01. The van der Waals surface area contributed by atoms with Gasteiger partial charge in [0.15, 0.2) is 0 Å². The number of unbranched alkanes of at least 4 members (excludes halogenated alkanes) is 16. The quantitative estimate of drug-likeness (QED) is 0.157. The zero-order chi connectivity index (χ0) is 23.2. The van der Waals surface area contributed by atoms with Crippen LogP contribution in [0.15, 0.2) is 58.3 Å². The van der Waals surface area contributed by atoms with E-state index in [9.17, 15) is 0 Å². The molecule has 0 atom stereocenters. The molecular weight excluding hydrogens is 416 g/mol. The van der Waals surface area contributed by atoms with Crippen molar-refractivity contribution in [1.82, 2.24) is 0 Å². The second-order valence-electron chi connectivity index (χ2n) is 9.19. The third-order valence-corrected chi connectivity index (χ3v) is 7.24. The second kappa shape index (κ2) is 19.8. The number of rotatable bonds is 18. The molecule has 0 spiro atoms. The molecule has 0 unspecified atom stereocenters. The highest BCUT2D eigenvalue weighted by Crippen LogP contribution is 2.29. The summed E-state index contributed by atoms with van der Waals surface area (Å²) in [5.41, 5.74) is 1.12. The standard InChI is InChI=1S/C32H45S/c1-2-3-4-5-6-7-8-9-10-11-12-13-14-15-16-17-18-20-25-30-26-23-24-29-32(30)33-31-27-21-19-22-28-31/h19,21-23,26-29H,2-18H2,1H3. The van der Waals surface area contributed by atoms with E-state index in [2.05, 4.69) is 67.3 Å². The summed E-state index contributed by atoms with van der Waals surface area (Å²) in [6, 6.07) is 19.8. The molecule has 1 radical (unpaired) electrons. The van der Waals surface area contributed by atoms with Crippen molar-refractivity contribution in [3.05, 3.63) is 60.2 Å². The monoisotopic (exact) mass is 461 g/mol. The van der Waals surface area contributed by atoms with E-state index in [0.717, 1.165) is 12.0 Å². The van der Waals surface area contributed by atoms with Gasteiger partial charge in [0.2, 0.25) is 0 Å². The molecule has 0 aliphatic heterocycles. The average molecular weight is 462 g/mol. The molecule has 0 aromatic heterocycles. The van der Waals surface area contributed by atoms with Crippen molar-refractivity contribution in [3.63, 3.8) is 0 Å². The van der Waals surface area contributed by atoms with Crippen LogP contribution in [-0.2, 0) is 0 Å². The molecular formula is C32H45S. The summed E-state index contributed by atoms with van der Waals surface area (Å²) in [7, 11) is 0. The van der Waals surface area contributed by atoms with Gasteiger partial charge in [-0.25, -0.2) is 0 Å². The molecule has 0 nitrogen and oxygen atoms in total. The van der Waals surface area contributed by atoms with E-state index in [4.69, 9.17) is 0 Å². The van der Waals surface area contributed by atoms with E-state index >= 15 is 0 Å². The summed E-state index contributed by atoms with van der Waals surface area (Å²) < 4.78 is 0. The van der Waals surface area contributed by atoms with Gasteiger partial charge in [-0.15, -0.1) is 0 Å². The lowest BCUT2D eigenvalue weighted by atomic mass is 10.0. The zero-order valence-corrected chi connectivity index (χ0v) is 21.9. The van der Waals surface area contributed by atoms with Crippen molar-refractivity contribution < 1.29 is 0 Å². The van der Waals surface area contributed by atoms with Crippen molar-refractivity contribution in [2.45, 2.75) is 126 Å². The first kappa shape index (κ1) is 27.6. The summed E-state index contributed by atoms with van der Waals surface area (Å²) in [5, 5.41) is 0. The predicted octanol–water partition coefficient (Wildman–Crippen LogP) is 10.6. The van der Waals surface area contributed by atoms with E-state index in [0.29, 0.717) is 0 Å². The minimum Gasteiger partial charge on any atom is -0.0979 e. The van der Waals surface area contributed by atoms with Gasteiger partial charge < -0.3 is 0 Å². The Balaban J connectivity index is 1.44. The van der Waals surface area contributed by atoms with Gasteiger partial charge in [0.1, 0.15) is 0 Å². The van der Waals surface area contributed by atoms with Crippen molar-refractivity contribution in [3.8, 4) is 11.8 Å². The molecule has 2 rings (SSSR count). The highest BCUT2D eigenvalue weighted by Gasteiger charge is 2.01. The summed E-state index contributed by atoms with van der Waals surface area (Å²) in [6.45, 7) is 2.29. The summed E-state index contributed by atoms with van der Waals surface area (Å²) in [4.78, 5) is 2.45. The minimum absolute atomic E-state index is 1.01. The SMILES string of the molecule is CCCCCCCCCCCCCCCCCCC#Cc1cc[c]cc1Sc1ccccc1. The lowest BCUT2D eigenvalue weighted by Gasteiger charge is -2.04. The first-order valence-electron chi connectivity index (χ1n) is 13.6. The zero-order valence-electron chi connectivity index (χ0n) is 21.0. The highest BCUT2D eigenvalue weighted by molar-refractivity contribution is 7.99. The summed E-state index contributed by atoms with van der Waals surface area (Å²) >= 11 is 1.77. The van der Waals surface area contributed by atoms with E-state index in [-0.39, 0.29) is 0 Å². The third kappa shape index (κ3) is 14.3. The third-order valence-electron chi connectivity index (χ3n) is 6.18. The Morgan fingerprint density at radius 2 is 1.21 bits per heavy atom. The number of benzene rings is 2. The number of hydrogen-bond acceptors (Lipinski definition) is 1.